The summed E-state index contributed by atoms with van der Waals surface area (Å²) in [5.74, 6) is 2.06. The Balaban J connectivity index is 1.96. The van der Waals surface area contributed by atoms with Crippen LogP contribution >= 0.6 is 0 Å². The Labute approximate surface area is 102 Å². The Morgan fingerprint density at radius 2 is 2.18 bits per heavy atom. The molecule has 0 amide bonds. The molecule has 1 aromatic heterocycles. The molecular formula is C12H22N4O. The van der Waals surface area contributed by atoms with Crippen molar-refractivity contribution in [2.75, 3.05) is 7.05 Å². The highest BCUT2D eigenvalue weighted by Crippen LogP contribution is 2.35. The van der Waals surface area contributed by atoms with E-state index in [1.54, 1.807) is 0 Å². The number of hydrogen-bond donors (Lipinski definition) is 1. The zero-order valence-corrected chi connectivity index (χ0v) is 11.1. The van der Waals surface area contributed by atoms with Gasteiger partial charge in [-0.25, -0.2) is 0 Å². The molecule has 1 atom stereocenters. The topological polar surface area (TPSA) is 68.2 Å². The molecule has 2 N–H and O–H groups in total. The predicted octanol–water partition coefficient (Wildman–Crippen LogP) is 1.49. The van der Waals surface area contributed by atoms with Crippen molar-refractivity contribution in [2.45, 2.75) is 51.7 Å². The van der Waals surface area contributed by atoms with E-state index in [0.29, 0.717) is 24.3 Å². The van der Waals surface area contributed by atoms with Crippen molar-refractivity contribution in [3.63, 3.8) is 0 Å². The highest BCUT2D eigenvalue weighted by Gasteiger charge is 2.31. The van der Waals surface area contributed by atoms with Crippen LogP contribution in [0.3, 0.4) is 0 Å². The summed E-state index contributed by atoms with van der Waals surface area (Å²) in [6.45, 7) is 6.69. The third-order valence-corrected chi connectivity index (χ3v) is 3.43. The molecule has 5 nitrogen and oxygen atoms in total. The first-order valence-corrected chi connectivity index (χ1v) is 6.20. The molecule has 1 aromatic rings. The van der Waals surface area contributed by atoms with Gasteiger partial charge in [0.25, 0.3) is 0 Å². The summed E-state index contributed by atoms with van der Waals surface area (Å²) in [6, 6.07) is 0.580. The van der Waals surface area contributed by atoms with Gasteiger partial charge in [-0.1, -0.05) is 5.16 Å². The Kier molecular flexibility index (Phi) is 3.23. The van der Waals surface area contributed by atoms with E-state index in [-0.39, 0.29) is 0 Å². The SMILES string of the molecule is CC(C1CC1)N(C)Cc1nc(C(C)(C)N)no1. The lowest BCUT2D eigenvalue weighted by Gasteiger charge is -2.22. The van der Waals surface area contributed by atoms with Crippen LogP contribution in [0.2, 0.25) is 0 Å². The highest BCUT2D eigenvalue weighted by molar-refractivity contribution is 4.99. The number of nitrogens with zero attached hydrogens (tertiary/aromatic N) is 3. The lowest BCUT2D eigenvalue weighted by atomic mass is 10.1. The average Bonchev–Trinajstić information content (AvgIpc) is 2.96. The summed E-state index contributed by atoms with van der Waals surface area (Å²) in [4.78, 5) is 6.60. The van der Waals surface area contributed by atoms with Crippen LogP contribution in [0.1, 0.15) is 45.3 Å². The van der Waals surface area contributed by atoms with Gasteiger partial charge in [0.05, 0.1) is 12.1 Å². The molecule has 0 spiro atoms. The van der Waals surface area contributed by atoms with E-state index in [0.717, 1.165) is 5.92 Å². The van der Waals surface area contributed by atoms with Crippen molar-refractivity contribution in [3.05, 3.63) is 11.7 Å². The minimum absolute atomic E-state index is 0.539. The van der Waals surface area contributed by atoms with E-state index in [4.69, 9.17) is 10.3 Å². The molecule has 96 valence electrons. The van der Waals surface area contributed by atoms with E-state index < -0.39 is 5.54 Å². The van der Waals surface area contributed by atoms with Gasteiger partial charge in [0.1, 0.15) is 0 Å². The van der Waals surface area contributed by atoms with Gasteiger partial charge in [-0.15, -0.1) is 0 Å². The molecule has 1 saturated carbocycles. The number of aromatic nitrogens is 2. The summed E-state index contributed by atoms with van der Waals surface area (Å²) in [6.07, 6.45) is 2.69. The molecule has 1 heterocycles. The van der Waals surface area contributed by atoms with E-state index in [1.165, 1.54) is 12.8 Å². The number of hydrogen-bond acceptors (Lipinski definition) is 5. The van der Waals surface area contributed by atoms with Crippen LogP contribution in [-0.2, 0) is 12.1 Å². The first-order chi connectivity index (χ1) is 7.88. The molecule has 1 aliphatic carbocycles. The first-order valence-electron chi connectivity index (χ1n) is 6.20. The second-order valence-electron chi connectivity index (χ2n) is 5.73. The Morgan fingerprint density at radius 3 is 2.65 bits per heavy atom. The quantitative estimate of drug-likeness (QED) is 0.841. The number of rotatable bonds is 5. The van der Waals surface area contributed by atoms with Gasteiger partial charge in [-0.2, -0.15) is 4.98 Å². The maximum absolute atomic E-state index is 5.92. The molecule has 1 unspecified atom stereocenters. The highest BCUT2D eigenvalue weighted by atomic mass is 16.5. The Bertz CT molecular complexity index is 378. The van der Waals surface area contributed by atoms with Gasteiger partial charge in [-0.3, -0.25) is 4.90 Å². The van der Waals surface area contributed by atoms with E-state index >= 15 is 0 Å². The molecule has 0 saturated heterocycles. The van der Waals surface area contributed by atoms with Crippen molar-refractivity contribution < 1.29 is 4.52 Å². The molecule has 0 bridgehead atoms. The smallest absolute Gasteiger partial charge is 0.240 e. The van der Waals surface area contributed by atoms with Crippen LogP contribution in [0.4, 0.5) is 0 Å². The predicted molar refractivity (Wildman–Crippen MR) is 65.2 cm³/mol. The van der Waals surface area contributed by atoms with E-state index in [9.17, 15) is 0 Å². The Morgan fingerprint density at radius 1 is 1.53 bits per heavy atom. The fourth-order valence-electron chi connectivity index (χ4n) is 1.88. The van der Waals surface area contributed by atoms with Crippen LogP contribution in [0.5, 0.6) is 0 Å². The molecule has 0 aliphatic heterocycles. The monoisotopic (exact) mass is 238 g/mol. The average molecular weight is 238 g/mol. The molecular weight excluding hydrogens is 216 g/mol. The van der Waals surface area contributed by atoms with Crippen molar-refractivity contribution >= 4 is 0 Å². The summed E-state index contributed by atoms with van der Waals surface area (Å²) < 4.78 is 5.23. The summed E-state index contributed by atoms with van der Waals surface area (Å²) in [5.41, 5.74) is 5.38. The molecule has 1 fully saturated rings. The summed E-state index contributed by atoms with van der Waals surface area (Å²) >= 11 is 0. The van der Waals surface area contributed by atoms with Gasteiger partial charge in [0, 0.05) is 6.04 Å². The Hall–Kier alpha value is -0.940. The molecule has 17 heavy (non-hydrogen) atoms. The third-order valence-electron chi connectivity index (χ3n) is 3.43. The second-order valence-corrected chi connectivity index (χ2v) is 5.73. The van der Waals surface area contributed by atoms with Crippen LogP contribution < -0.4 is 5.73 Å². The van der Waals surface area contributed by atoms with Crippen LogP contribution in [0, 0.1) is 5.92 Å². The minimum atomic E-state index is -0.539. The largest absolute Gasteiger partial charge is 0.338 e. The lowest BCUT2D eigenvalue weighted by molar-refractivity contribution is 0.197. The van der Waals surface area contributed by atoms with Crippen LogP contribution in [-0.4, -0.2) is 28.1 Å². The zero-order chi connectivity index (χ0) is 12.6. The fourth-order valence-corrected chi connectivity index (χ4v) is 1.88. The van der Waals surface area contributed by atoms with Gasteiger partial charge < -0.3 is 10.3 Å². The molecule has 0 radical (unpaired) electrons. The molecule has 5 heteroatoms. The van der Waals surface area contributed by atoms with Gasteiger partial charge in [0.15, 0.2) is 5.82 Å². The van der Waals surface area contributed by atoms with Gasteiger partial charge in [0.2, 0.25) is 5.89 Å². The lowest BCUT2D eigenvalue weighted by Crippen LogP contribution is -2.31. The van der Waals surface area contributed by atoms with E-state index in [2.05, 4.69) is 29.0 Å². The number of nitrogens with two attached hydrogens (primary N) is 1. The first kappa shape index (κ1) is 12.5. The van der Waals surface area contributed by atoms with Crippen molar-refractivity contribution in [3.8, 4) is 0 Å². The zero-order valence-electron chi connectivity index (χ0n) is 11.1. The van der Waals surface area contributed by atoms with Gasteiger partial charge >= 0.3 is 0 Å². The van der Waals surface area contributed by atoms with E-state index in [1.807, 2.05) is 13.8 Å². The maximum atomic E-state index is 5.92. The minimum Gasteiger partial charge on any atom is -0.338 e. The molecule has 2 rings (SSSR count). The van der Waals surface area contributed by atoms with Crippen LogP contribution in [0.25, 0.3) is 0 Å². The van der Waals surface area contributed by atoms with Crippen molar-refractivity contribution in [1.29, 1.82) is 0 Å². The van der Waals surface area contributed by atoms with Crippen molar-refractivity contribution in [1.82, 2.24) is 15.0 Å². The van der Waals surface area contributed by atoms with Crippen LogP contribution in [0.15, 0.2) is 4.52 Å². The molecule has 0 aromatic carbocycles. The molecule has 1 aliphatic rings. The third kappa shape index (κ3) is 3.04. The second kappa shape index (κ2) is 4.38. The standard InChI is InChI=1S/C12H22N4O/c1-8(9-5-6-9)16(4)7-10-14-11(15-17-10)12(2,3)13/h8-9H,5-7,13H2,1-4H3. The van der Waals surface area contributed by atoms with Gasteiger partial charge in [-0.05, 0) is 46.6 Å². The maximum Gasteiger partial charge on any atom is 0.240 e. The summed E-state index contributed by atoms with van der Waals surface area (Å²) in [7, 11) is 2.10. The summed E-state index contributed by atoms with van der Waals surface area (Å²) in [5, 5.41) is 3.92. The normalized spacial score (nSPS) is 18.7. The fraction of sp³-hybridized carbons (Fsp3) is 0.833. The van der Waals surface area contributed by atoms with Crippen molar-refractivity contribution in [2.24, 2.45) is 11.7 Å².